The summed E-state index contributed by atoms with van der Waals surface area (Å²) in [6.07, 6.45) is 2.16. The predicted octanol–water partition coefficient (Wildman–Crippen LogP) is 1.72. The van der Waals surface area contributed by atoms with Gasteiger partial charge in [-0.1, -0.05) is 19.0 Å². The van der Waals surface area contributed by atoms with Crippen LogP contribution in [-0.4, -0.2) is 64.4 Å². The summed E-state index contributed by atoms with van der Waals surface area (Å²) in [6, 6.07) is 0. The maximum absolute atomic E-state index is 9.45. The van der Waals surface area contributed by atoms with Crippen LogP contribution < -0.4 is 0 Å². The Hall–Kier alpha value is -0.980. The van der Waals surface area contributed by atoms with Crippen LogP contribution in [0.3, 0.4) is 0 Å². The van der Waals surface area contributed by atoms with E-state index in [9.17, 15) is 5.11 Å². The van der Waals surface area contributed by atoms with E-state index in [4.69, 9.17) is 4.52 Å². The van der Waals surface area contributed by atoms with Crippen LogP contribution in [-0.2, 0) is 6.54 Å². The van der Waals surface area contributed by atoms with Crippen molar-refractivity contribution in [3.63, 3.8) is 0 Å². The quantitative estimate of drug-likeness (QED) is 0.827. The maximum Gasteiger partial charge on any atom is 0.229 e. The minimum Gasteiger partial charge on any atom is -0.392 e. The average molecular weight is 310 g/mol. The van der Waals surface area contributed by atoms with E-state index in [2.05, 4.69) is 40.8 Å². The molecule has 6 heteroatoms. The molecule has 2 rings (SSSR count). The first-order valence-electron chi connectivity index (χ1n) is 8.35. The van der Waals surface area contributed by atoms with E-state index < -0.39 is 0 Å². The lowest BCUT2D eigenvalue weighted by molar-refractivity contribution is 0.0916. The molecular formula is C16H30N4O2. The van der Waals surface area contributed by atoms with Gasteiger partial charge in [-0.05, 0) is 45.8 Å². The number of β-amino-alcohol motifs (C(OH)–C–C–N with tert-alkyl or cyclic N) is 1. The number of aromatic nitrogens is 2. The van der Waals surface area contributed by atoms with Crippen LogP contribution in [0.25, 0.3) is 0 Å². The van der Waals surface area contributed by atoms with Gasteiger partial charge in [0.1, 0.15) is 0 Å². The van der Waals surface area contributed by atoms with E-state index in [0.29, 0.717) is 5.92 Å². The zero-order valence-corrected chi connectivity index (χ0v) is 14.3. The molecule has 2 heterocycles. The van der Waals surface area contributed by atoms with Crippen molar-refractivity contribution < 1.29 is 9.63 Å². The van der Waals surface area contributed by atoms with E-state index in [1.807, 2.05) is 6.92 Å². The molecule has 6 nitrogen and oxygen atoms in total. The molecule has 0 spiro atoms. The van der Waals surface area contributed by atoms with Gasteiger partial charge in [0.25, 0.3) is 0 Å². The lowest BCUT2D eigenvalue weighted by Crippen LogP contribution is -2.40. The molecule has 1 aliphatic rings. The summed E-state index contributed by atoms with van der Waals surface area (Å²) in [5.74, 6) is 2.49. The molecular weight excluding hydrogens is 280 g/mol. The SMILES string of the molecule is CC(C)c1nc(CN(C)CC2CCN(C[C@H](C)O)CC2)no1. The molecule has 126 valence electrons. The summed E-state index contributed by atoms with van der Waals surface area (Å²) >= 11 is 0. The van der Waals surface area contributed by atoms with Crippen molar-refractivity contribution in [1.82, 2.24) is 19.9 Å². The molecule has 1 saturated heterocycles. The van der Waals surface area contributed by atoms with Gasteiger partial charge in [-0.15, -0.1) is 0 Å². The van der Waals surface area contributed by atoms with Gasteiger partial charge in [0.2, 0.25) is 5.89 Å². The van der Waals surface area contributed by atoms with Gasteiger partial charge in [-0.2, -0.15) is 4.98 Å². The third-order valence-electron chi connectivity index (χ3n) is 4.19. The summed E-state index contributed by atoms with van der Waals surface area (Å²) in [6.45, 7) is 10.7. The number of aliphatic hydroxyl groups excluding tert-OH is 1. The molecule has 0 unspecified atom stereocenters. The number of hydrogen-bond donors (Lipinski definition) is 1. The standard InChI is InChI=1S/C16H30N4O2/c1-12(2)16-17-15(18-22-16)11-19(4)10-14-5-7-20(8-6-14)9-13(3)21/h12-14,21H,5-11H2,1-4H3/t13-/m0/s1. The van der Waals surface area contributed by atoms with E-state index in [-0.39, 0.29) is 12.0 Å². The highest BCUT2D eigenvalue weighted by Crippen LogP contribution is 2.19. The highest BCUT2D eigenvalue weighted by atomic mass is 16.5. The van der Waals surface area contributed by atoms with Gasteiger partial charge >= 0.3 is 0 Å². The zero-order valence-electron chi connectivity index (χ0n) is 14.3. The van der Waals surface area contributed by atoms with Gasteiger partial charge in [0.05, 0.1) is 12.6 Å². The van der Waals surface area contributed by atoms with Crippen LogP contribution in [0.2, 0.25) is 0 Å². The molecule has 22 heavy (non-hydrogen) atoms. The van der Waals surface area contributed by atoms with E-state index in [0.717, 1.165) is 44.4 Å². The molecule has 0 aromatic carbocycles. The predicted molar refractivity (Wildman–Crippen MR) is 85.6 cm³/mol. The fraction of sp³-hybridized carbons (Fsp3) is 0.875. The Morgan fingerprint density at radius 1 is 1.32 bits per heavy atom. The highest BCUT2D eigenvalue weighted by molar-refractivity contribution is 4.90. The number of nitrogens with zero attached hydrogens (tertiary/aromatic N) is 4. The number of piperidine rings is 1. The third kappa shape index (κ3) is 5.34. The summed E-state index contributed by atoms with van der Waals surface area (Å²) in [4.78, 5) is 9.07. The summed E-state index contributed by atoms with van der Waals surface area (Å²) < 4.78 is 5.25. The van der Waals surface area contributed by atoms with E-state index in [1.165, 1.54) is 12.8 Å². The molecule has 1 aromatic heterocycles. The maximum atomic E-state index is 9.45. The largest absolute Gasteiger partial charge is 0.392 e. The van der Waals surface area contributed by atoms with Crippen LogP contribution >= 0.6 is 0 Å². The first kappa shape index (κ1) is 17.4. The van der Waals surface area contributed by atoms with Crippen molar-refractivity contribution in [2.24, 2.45) is 5.92 Å². The minimum absolute atomic E-state index is 0.229. The first-order chi connectivity index (χ1) is 10.4. The normalized spacial score (nSPS) is 19.2. The van der Waals surface area contributed by atoms with Crippen molar-refractivity contribution >= 4 is 0 Å². The van der Waals surface area contributed by atoms with Gasteiger partial charge in [0.15, 0.2) is 5.82 Å². The van der Waals surface area contributed by atoms with Crippen molar-refractivity contribution in [1.29, 1.82) is 0 Å². The Morgan fingerprint density at radius 3 is 2.55 bits per heavy atom. The first-order valence-corrected chi connectivity index (χ1v) is 8.35. The Balaban J connectivity index is 1.72. The van der Waals surface area contributed by atoms with Crippen LogP contribution in [0.5, 0.6) is 0 Å². The molecule has 1 aliphatic heterocycles. The molecule has 0 radical (unpaired) electrons. The van der Waals surface area contributed by atoms with Crippen LogP contribution in [0.1, 0.15) is 51.2 Å². The van der Waals surface area contributed by atoms with Crippen LogP contribution in [0.15, 0.2) is 4.52 Å². The molecule has 0 saturated carbocycles. The summed E-state index contributed by atoms with van der Waals surface area (Å²) in [7, 11) is 2.12. The molecule has 0 aliphatic carbocycles. The van der Waals surface area contributed by atoms with E-state index in [1.54, 1.807) is 0 Å². The monoisotopic (exact) mass is 310 g/mol. The molecule has 0 bridgehead atoms. The van der Waals surface area contributed by atoms with Crippen LogP contribution in [0.4, 0.5) is 0 Å². The number of rotatable bonds is 7. The Bertz CT molecular complexity index is 439. The fourth-order valence-corrected chi connectivity index (χ4v) is 3.04. The summed E-state index contributed by atoms with van der Waals surface area (Å²) in [5.41, 5.74) is 0. The lowest BCUT2D eigenvalue weighted by Gasteiger charge is -2.34. The smallest absolute Gasteiger partial charge is 0.229 e. The molecule has 1 N–H and O–H groups in total. The third-order valence-corrected chi connectivity index (χ3v) is 4.19. The van der Waals surface area contributed by atoms with Crippen molar-refractivity contribution in [2.75, 3.05) is 33.2 Å². The summed E-state index contributed by atoms with van der Waals surface area (Å²) in [5, 5.41) is 13.5. The number of aliphatic hydroxyl groups is 1. The number of likely N-dealkylation sites (tertiary alicyclic amines) is 1. The Kier molecular flexibility index (Phi) is 6.35. The molecule has 0 amide bonds. The van der Waals surface area contributed by atoms with Gasteiger partial charge in [0, 0.05) is 19.0 Å². The van der Waals surface area contributed by atoms with Gasteiger partial charge < -0.3 is 14.5 Å². The van der Waals surface area contributed by atoms with Crippen molar-refractivity contribution in [3.05, 3.63) is 11.7 Å². The topological polar surface area (TPSA) is 65.6 Å². The van der Waals surface area contributed by atoms with Crippen LogP contribution in [0, 0.1) is 5.92 Å². The average Bonchev–Trinajstić information content (AvgIpc) is 2.89. The highest BCUT2D eigenvalue weighted by Gasteiger charge is 2.21. The number of hydrogen-bond acceptors (Lipinski definition) is 6. The fourth-order valence-electron chi connectivity index (χ4n) is 3.04. The Morgan fingerprint density at radius 2 is 2.00 bits per heavy atom. The second-order valence-electron chi connectivity index (χ2n) is 6.99. The molecule has 1 aromatic rings. The molecule has 1 fully saturated rings. The second kappa shape index (κ2) is 8.04. The van der Waals surface area contributed by atoms with Gasteiger partial charge in [-0.3, -0.25) is 4.90 Å². The Labute approximate surface area is 133 Å². The van der Waals surface area contributed by atoms with Gasteiger partial charge in [-0.25, -0.2) is 0 Å². The van der Waals surface area contributed by atoms with E-state index >= 15 is 0 Å². The molecule has 1 atom stereocenters. The minimum atomic E-state index is -0.229. The second-order valence-corrected chi connectivity index (χ2v) is 6.99. The zero-order chi connectivity index (χ0) is 16.1. The van der Waals surface area contributed by atoms with Crippen molar-refractivity contribution in [2.45, 2.75) is 52.2 Å². The van der Waals surface area contributed by atoms with Crippen molar-refractivity contribution in [3.8, 4) is 0 Å². The lowest BCUT2D eigenvalue weighted by atomic mass is 9.96.